The number of nitrogen functional groups attached to an aromatic ring is 1. The number of aldehydes is 1. The summed E-state index contributed by atoms with van der Waals surface area (Å²) in [5, 5.41) is 8.33. The van der Waals surface area contributed by atoms with Gasteiger partial charge < -0.3 is 16.0 Å². The maximum absolute atomic E-state index is 13.0. The summed E-state index contributed by atoms with van der Waals surface area (Å²) in [6.07, 6.45) is -2.54. The fourth-order valence-corrected chi connectivity index (χ4v) is 4.69. The molecule has 0 aliphatic carbocycles. The van der Waals surface area contributed by atoms with E-state index in [9.17, 15) is 18.0 Å². The SMILES string of the molecule is CCn1nc(C#Cc2cc(NC)ccc2C)c2c(N)ncnc21.CN1CCN(Cc2ccc(C=O)cc2C(F)(F)F)CC1. The van der Waals surface area contributed by atoms with Gasteiger partial charge in [0, 0.05) is 63.1 Å². The summed E-state index contributed by atoms with van der Waals surface area (Å²) in [4.78, 5) is 23.1. The van der Waals surface area contributed by atoms with Crippen LogP contribution in [0.3, 0.4) is 0 Å². The summed E-state index contributed by atoms with van der Waals surface area (Å²) in [6, 6.07) is 9.85. The number of aryl methyl sites for hydroxylation is 2. The van der Waals surface area contributed by atoms with E-state index in [1.807, 2.05) is 51.0 Å². The van der Waals surface area contributed by atoms with Crippen LogP contribution in [0.2, 0.25) is 0 Å². The summed E-state index contributed by atoms with van der Waals surface area (Å²) >= 11 is 0. The van der Waals surface area contributed by atoms with Gasteiger partial charge >= 0.3 is 6.18 Å². The Morgan fingerprint density at radius 3 is 2.47 bits per heavy atom. The second kappa shape index (κ2) is 13.7. The monoisotopic (exact) mass is 592 g/mol. The number of likely N-dealkylation sites (N-methyl/N-ethyl adjacent to an activating group) is 1. The van der Waals surface area contributed by atoms with Crippen molar-refractivity contribution >= 4 is 28.8 Å². The molecule has 0 amide bonds. The summed E-state index contributed by atoms with van der Waals surface area (Å²) in [5.41, 5.74) is 9.96. The number of nitrogens with one attached hydrogen (secondary N) is 1. The van der Waals surface area contributed by atoms with Gasteiger partial charge in [-0.2, -0.15) is 18.3 Å². The molecule has 0 radical (unpaired) electrons. The van der Waals surface area contributed by atoms with Crippen LogP contribution < -0.4 is 11.1 Å². The molecular formula is C31H35F3N8O. The lowest BCUT2D eigenvalue weighted by molar-refractivity contribution is -0.138. The maximum atomic E-state index is 13.0. The number of fused-ring (bicyclic) bond motifs is 1. The molecular weight excluding hydrogens is 557 g/mol. The van der Waals surface area contributed by atoms with Gasteiger partial charge in [-0.1, -0.05) is 24.1 Å². The van der Waals surface area contributed by atoms with Gasteiger partial charge in [0.05, 0.1) is 10.9 Å². The first-order valence-electron chi connectivity index (χ1n) is 13.9. The van der Waals surface area contributed by atoms with Crippen molar-refractivity contribution in [3.05, 3.63) is 76.2 Å². The van der Waals surface area contributed by atoms with E-state index in [1.54, 1.807) is 4.68 Å². The van der Waals surface area contributed by atoms with Gasteiger partial charge in [-0.3, -0.25) is 9.69 Å². The van der Waals surface area contributed by atoms with Gasteiger partial charge in [-0.15, -0.1) is 0 Å². The highest BCUT2D eigenvalue weighted by molar-refractivity contribution is 5.90. The number of hydrogen-bond donors (Lipinski definition) is 2. The first-order valence-corrected chi connectivity index (χ1v) is 13.9. The first kappa shape index (κ1) is 31.5. The quantitative estimate of drug-likeness (QED) is 0.259. The van der Waals surface area contributed by atoms with E-state index >= 15 is 0 Å². The van der Waals surface area contributed by atoms with E-state index in [0.29, 0.717) is 35.4 Å². The van der Waals surface area contributed by atoms with Crippen molar-refractivity contribution in [2.24, 2.45) is 0 Å². The van der Waals surface area contributed by atoms with Crippen molar-refractivity contribution < 1.29 is 18.0 Å². The number of carbonyl (C=O) groups excluding carboxylic acids is 1. The van der Waals surface area contributed by atoms with Gasteiger partial charge in [0.25, 0.3) is 0 Å². The Kier molecular flexibility index (Phi) is 10.0. The molecule has 9 nitrogen and oxygen atoms in total. The lowest BCUT2D eigenvalue weighted by atomic mass is 10.0. The molecule has 226 valence electrons. The van der Waals surface area contributed by atoms with E-state index < -0.39 is 11.7 Å². The van der Waals surface area contributed by atoms with Crippen LogP contribution in [0.4, 0.5) is 24.7 Å². The van der Waals surface area contributed by atoms with E-state index in [1.165, 1.54) is 18.5 Å². The van der Waals surface area contributed by atoms with Gasteiger partial charge in [0.1, 0.15) is 24.1 Å². The molecule has 4 aromatic rings. The number of piperazine rings is 1. The fourth-order valence-electron chi connectivity index (χ4n) is 4.69. The summed E-state index contributed by atoms with van der Waals surface area (Å²) in [6.45, 7) is 8.21. The molecule has 43 heavy (non-hydrogen) atoms. The van der Waals surface area contributed by atoms with Gasteiger partial charge in [-0.25, -0.2) is 14.6 Å². The Bertz CT molecular complexity index is 1650. The minimum Gasteiger partial charge on any atom is -0.388 e. The molecule has 1 aliphatic heterocycles. The van der Waals surface area contributed by atoms with Crippen molar-refractivity contribution in [2.75, 3.05) is 51.3 Å². The van der Waals surface area contributed by atoms with Crippen molar-refractivity contribution in [1.29, 1.82) is 0 Å². The van der Waals surface area contributed by atoms with Crippen LogP contribution in [0.25, 0.3) is 11.0 Å². The third-order valence-electron chi connectivity index (χ3n) is 7.27. The number of anilines is 2. The highest BCUT2D eigenvalue weighted by Crippen LogP contribution is 2.33. The zero-order chi connectivity index (χ0) is 31.1. The Labute approximate surface area is 248 Å². The lowest BCUT2D eigenvalue weighted by Crippen LogP contribution is -2.44. The molecule has 3 heterocycles. The summed E-state index contributed by atoms with van der Waals surface area (Å²) < 4.78 is 40.9. The van der Waals surface area contributed by atoms with Crippen molar-refractivity contribution in [1.82, 2.24) is 29.5 Å². The Balaban J connectivity index is 0.000000199. The topological polar surface area (TPSA) is 105 Å². The fraction of sp³-hybridized carbons (Fsp3) is 0.355. The largest absolute Gasteiger partial charge is 0.416 e. The minimum absolute atomic E-state index is 0.0550. The van der Waals surface area contributed by atoms with E-state index in [4.69, 9.17) is 5.73 Å². The molecule has 3 N–H and O–H groups in total. The highest BCUT2D eigenvalue weighted by Gasteiger charge is 2.34. The average Bonchev–Trinajstić information content (AvgIpc) is 3.37. The second-order valence-electron chi connectivity index (χ2n) is 10.3. The van der Waals surface area contributed by atoms with E-state index in [0.717, 1.165) is 49.1 Å². The maximum Gasteiger partial charge on any atom is 0.416 e. The third-order valence-corrected chi connectivity index (χ3v) is 7.27. The molecule has 5 rings (SSSR count). The second-order valence-corrected chi connectivity index (χ2v) is 10.3. The summed E-state index contributed by atoms with van der Waals surface area (Å²) in [5.74, 6) is 6.71. The standard InChI is InChI=1S/C17H18N6.C14H17F3N2O/c1-4-23-17-15(16(18)20-10-21-17)14(22-23)8-6-12-9-13(19-3)7-5-11(12)2;1-18-4-6-19(7-5-18)9-12-3-2-11(10-20)8-13(12)14(15,16)17/h5,7,9-10,19H,4H2,1-3H3,(H2,18,20,21);2-3,8,10H,4-7,9H2,1H3. The molecule has 0 atom stereocenters. The molecule has 0 spiro atoms. The number of aromatic nitrogens is 4. The highest BCUT2D eigenvalue weighted by atomic mass is 19.4. The molecule has 2 aromatic heterocycles. The Morgan fingerprint density at radius 2 is 1.81 bits per heavy atom. The van der Waals surface area contributed by atoms with Crippen molar-refractivity contribution in [3.8, 4) is 11.8 Å². The van der Waals surface area contributed by atoms with Crippen LogP contribution in [0, 0.1) is 18.8 Å². The zero-order valence-corrected chi connectivity index (χ0v) is 24.7. The average molecular weight is 593 g/mol. The molecule has 2 aromatic carbocycles. The molecule has 0 unspecified atom stereocenters. The van der Waals surface area contributed by atoms with Crippen molar-refractivity contribution in [2.45, 2.75) is 33.1 Å². The van der Waals surface area contributed by atoms with Gasteiger partial charge in [-0.05, 0) is 56.1 Å². The van der Waals surface area contributed by atoms with Crippen LogP contribution in [0.5, 0.6) is 0 Å². The van der Waals surface area contributed by atoms with Crippen LogP contribution in [-0.4, -0.2) is 76.1 Å². The number of nitrogens with two attached hydrogens (primary N) is 1. The summed E-state index contributed by atoms with van der Waals surface area (Å²) in [7, 11) is 3.88. The first-order chi connectivity index (χ1) is 20.5. The number of carbonyl (C=O) groups is 1. The van der Waals surface area contributed by atoms with E-state index in [-0.39, 0.29) is 17.7 Å². The molecule has 0 saturated carbocycles. The van der Waals surface area contributed by atoms with Crippen LogP contribution >= 0.6 is 0 Å². The molecule has 12 heteroatoms. The number of nitrogens with zero attached hydrogens (tertiary/aromatic N) is 6. The molecule has 1 aliphatic rings. The smallest absolute Gasteiger partial charge is 0.388 e. The van der Waals surface area contributed by atoms with Gasteiger partial charge in [0.2, 0.25) is 0 Å². The van der Waals surface area contributed by atoms with Crippen LogP contribution in [0.1, 0.15) is 45.2 Å². The number of alkyl halides is 3. The molecule has 1 fully saturated rings. The predicted molar refractivity (Wildman–Crippen MR) is 162 cm³/mol. The lowest BCUT2D eigenvalue weighted by Gasteiger charge is -2.32. The van der Waals surface area contributed by atoms with Crippen molar-refractivity contribution in [3.63, 3.8) is 0 Å². The van der Waals surface area contributed by atoms with E-state index in [2.05, 4.69) is 37.1 Å². The number of hydrogen-bond acceptors (Lipinski definition) is 8. The van der Waals surface area contributed by atoms with Gasteiger partial charge in [0.15, 0.2) is 5.65 Å². The third kappa shape index (κ3) is 7.68. The Hall–Kier alpha value is -4.47. The zero-order valence-electron chi connectivity index (χ0n) is 24.7. The van der Waals surface area contributed by atoms with Crippen LogP contribution in [0.15, 0.2) is 42.7 Å². The number of rotatable bonds is 5. The predicted octanol–water partition coefficient (Wildman–Crippen LogP) is 4.44. The minimum atomic E-state index is -4.43. The molecule has 1 saturated heterocycles. The number of halogens is 3. The Morgan fingerprint density at radius 1 is 1.07 bits per heavy atom. The van der Waals surface area contributed by atoms with Crippen LogP contribution in [-0.2, 0) is 19.3 Å². The molecule has 0 bridgehead atoms. The normalized spacial score (nSPS) is 14.0. The number of benzene rings is 2.